The highest BCUT2D eigenvalue weighted by molar-refractivity contribution is 5.28. The third kappa shape index (κ3) is 5.58. The van der Waals surface area contributed by atoms with Gasteiger partial charge in [0, 0.05) is 39.3 Å². The topological polar surface area (TPSA) is 15.7 Å². The van der Waals surface area contributed by atoms with Crippen molar-refractivity contribution in [2.24, 2.45) is 0 Å². The van der Waals surface area contributed by atoms with Crippen molar-refractivity contribution in [1.29, 1.82) is 0 Å². The third-order valence-corrected chi connectivity index (χ3v) is 4.87. The summed E-state index contributed by atoms with van der Waals surface area (Å²) < 4.78 is 6.13. The molecule has 1 aliphatic rings. The van der Waals surface area contributed by atoms with E-state index in [0.29, 0.717) is 0 Å². The number of aryl methyl sites for hydroxylation is 1. The molecule has 3 heteroatoms. The van der Waals surface area contributed by atoms with Gasteiger partial charge in [0.1, 0.15) is 11.9 Å². The molecule has 0 amide bonds. The Kier molecular flexibility index (Phi) is 6.48. The standard InChI is InChI=1S/C22H30N2O/c1-3-20-10-7-11-22(16-20)25-19(2)17-23-12-14-24(15-13-23)18-21-8-5-4-6-9-21/h4-11,16,19H,3,12-15,17-18H2,1-2H3. The van der Waals surface area contributed by atoms with E-state index in [-0.39, 0.29) is 6.10 Å². The van der Waals surface area contributed by atoms with Crippen LogP contribution < -0.4 is 4.74 Å². The van der Waals surface area contributed by atoms with Crippen LogP contribution in [0, 0.1) is 0 Å². The Balaban J connectivity index is 1.42. The minimum Gasteiger partial charge on any atom is -0.489 e. The average molecular weight is 338 g/mol. The molecule has 0 aliphatic carbocycles. The molecule has 3 rings (SSSR count). The highest BCUT2D eigenvalue weighted by atomic mass is 16.5. The molecule has 134 valence electrons. The van der Waals surface area contributed by atoms with Gasteiger partial charge in [-0.2, -0.15) is 0 Å². The van der Waals surface area contributed by atoms with Gasteiger partial charge in [0.25, 0.3) is 0 Å². The van der Waals surface area contributed by atoms with Crippen LogP contribution in [0.25, 0.3) is 0 Å². The molecular formula is C22H30N2O. The normalized spacial score (nSPS) is 17.4. The first-order valence-electron chi connectivity index (χ1n) is 9.47. The zero-order chi connectivity index (χ0) is 17.5. The molecule has 0 saturated carbocycles. The molecule has 1 atom stereocenters. The van der Waals surface area contributed by atoms with E-state index in [2.05, 4.69) is 78.2 Å². The maximum absolute atomic E-state index is 6.13. The van der Waals surface area contributed by atoms with Crippen molar-refractivity contribution in [3.05, 3.63) is 65.7 Å². The van der Waals surface area contributed by atoms with E-state index < -0.39 is 0 Å². The summed E-state index contributed by atoms with van der Waals surface area (Å²) >= 11 is 0. The molecule has 0 N–H and O–H groups in total. The Morgan fingerprint density at radius 3 is 2.28 bits per heavy atom. The lowest BCUT2D eigenvalue weighted by Crippen LogP contribution is -2.48. The number of nitrogens with zero attached hydrogens (tertiary/aromatic N) is 2. The summed E-state index contributed by atoms with van der Waals surface area (Å²) in [5.74, 6) is 0.995. The SMILES string of the molecule is CCc1cccc(OC(C)CN2CCN(Cc3ccccc3)CC2)c1. The molecule has 1 saturated heterocycles. The van der Waals surface area contributed by atoms with Gasteiger partial charge in [0.05, 0.1) is 0 Å². The van der Waals surface area contributed by atoms with Gasteiger partial charge in [-0.05, 0) is 36.6 Å². The molecular weight excluding hydrogens is 308 g/mol. The fraction of sp³-hybridized carbons (Fsp3) is 0.455. The van der Waals surface area contributed by atoms with Crippen LogP contribution in [0.1, 0.15) is 25.0 Å². The Bertz CT molecular complexity index is 635. The van der Waals surface area contributed by atoms with E-state index in [1.807, 2.05) is 0 Å². The number of piperazine rings is 1. The van der Waals surface area contributed by atoms with Crippen LogP contribution in [0.15, 0.2) is 54.6 Å². The molecule has 2 aromatic rings. The van der Waals surface area contributed by atoms with Crippen molar-refractivity contribution < 1.29 is 4.74 Å². The summed E-state index contributed by atoms with van der Waals surface area (Å²) in [4.78, 5) is 5.07. The maximum Gasteiger partial charge on any atom is 0.120 e. The molecule has 0 radical (unpaired) electrons. The fourth-order valence-corrected chi connectivity index (χ4v) is 3.44. The van der Waals surface area contributed by atoms with Crippen LogP contribution in [0.3, 0.4) is 0 Å². The minimum atomic E-state index is 0.216. The first-order valence-corrected chi connectivity index (χ1v) is 9.47. The largest absolute Gasteiger partial charge is 0.489 e. The van der Waals surface area contributed by atoms with Crippen LogP contribution in [0.4, 0.5) is 0 Å². The van der Waals surface area contributed by atoms with Gasteiger partial charge in [-0.3, -0.25) is 9.80 Å². The number of benzene rings is 2. The van der Waals surface area contributed by atoms with Gasteiger partial charge in [-0.25, -0.2) is 0 Å². The van der Waals surface area contributed by atoms with E-state index in [4.69, 9.17) is 4.74 Å². The predicted molar refractivity (Wildman–Crippen MR) is 104 cm³/mol. The van der Waals surface area contributed by atoms with E-state index in [1.54, 1.807) is 0 Å². The van der Waals surface area contributed by atoms with Gasteiger partial charge >= 0.3 is 0 Å². The second-order valence-corrected chi connectivity index (χ2v) is 6.99. The van der Waals surface area contributed by atoms with E-state index in [9.17, 15) is 0 Å². The summed E-state index contributed by atoms with van der Waals surface area (Å²) in [5, 5.41) is 0. The first-order chi connectivity index (χ1) is 12.2. The average Bonchev–Trinajstić information content (AvgIpc) is 2.64. The first kappa shape index (κ1) is 18.0. The zero-order valence-corrected chi connectivity index (χ0v) is 15.5. The summed E-state index contributed by atoms with van der Waals surface area (Å²) in [7, 11) is 0. The summed E-state index contributed by atoms with van der Waals surface area (Å²) in [6, 6.07) is 19.2. The van der Waals surface area contributed by atoms with Crippen molar-refractivity contribution in [2.75, 3.05) is 32.7 Å². The van der Waals surface area contributed by atoms with Gasteiger partial charge in [0.15, 0.2) is 0 Å². The van der Waals surface area contributed by atoms with Gasteiger partial charge in [-0.1, -0.05) is 49.4 Å². The molecule has 1 heterocycles. The van der Waals surface area contributed by atoms with Crippen LogP contribution in [0.2, 0.25) is 0 Å². The maximum atomic E-state index is 6.13. The highest BCUT2D eigenvalue weighted by Gasteiger charge is 2.19. The number of hydrogen-bond acceptors (Lipinski definition) is 3. The molecule has 0 aromatic heterocycles. The van der Waals surface area contributed by atoms with Gasteiger partial charge in [0.2, 0.25) is 0 Å². The number of ether oxygens (including phenoxy) is 1. The van der Waals surface area contributed by atoms with Crippen molar-refractivity contribution in [2.45, 2.75) is 32.9 Å². The quantitative estimate of drug-likeness (QED) is 0.763. The second kappa shape index (κ2) is 9.02. The number of rotatable bonds is 7. The lowest BCUT2D eigenvalue weighted by atomic mass is 10.1. The van der Waals surface area contributed by atoms with Gasteiger partial charge < -0.3 is 4.74 Å². The van der Waals surface area contributed by atoms with E-state index in [1.165, 1.54) is 11.1 Å². The Hall–Kier alpha value is -1.84. The molecule has 25 heavy (non-hydrogen) atoms. The predicted octanol–water partition coefficient (Wildman–Crippen LogP) is 3.83. The van der Waals surface area contributed by atoms with E-state index >= 15 is 0 Å². The van der Waals surface area contributed by atoms with Crippen LogP contribution >= 0.6 is 0 Å². The molecule has 0 spiro atoms. The monoisotopic (exact) mass is 338 g/mol. The summed E-state index contributed by atoms with van der Waals surface area (Å²) in [5.41, 5.74) is 2.74. The molecule has 1 fully saturated rings. The Morgan fingerprint density at radius 2 is 1.56 bits per heavy atom. The Labute approximate surface area is 152 Å². The Morgan fingerprint density at radius 1 is 0.880 bits per heavy atom. The van der Waals surface area contributed by atoms with Crippen LogP contribution in [-0.4, -0.2) is 48.6 Å². The smallest absolute Gasteiger partial charge is 0.120 e. The highest BCUT2D eigenvalue weighted by Crippen LogP contribution is 2.16. The molecule has 1 unspecified atom stereocenters. The molecule has 2 aromatic carbocycles. The third-order valence-electron chi connectivity index (χ3n) is 4.87. The summed E-state index contributed by atoms with van der Waals surface area (Å²) in [6.07, 6.45) is 1.27. The molecule has 3 nitrogen and oxygen atoms in total. The van der Waals surface area contributed by atoms with E-state index in [0.717, 1.165) is 51.4 Å². The van der Waals surface area contributed by atoms with Crippen molar-refractivity contribution in [1.82, 2.24) is 9.80 Å². The van der Waals surface area contributed by atoms with Crippen molar-refractivity contribution >= 4 is 0 Å². The van der Waals surface area contributed by atoms with Crippen molar-refractivity contribution in [3.8, 4) is 5.75 Å². The molecule has 1 aliphatic heterocycles. The molecule has 0 bridgehead atoms. The lowest BCUT2D eigenvalue weighted by Gasteiger charge is -2.35. The zero-order valence-electron chi connectivity index (χ0n) is 15.5. The lowest BCUT2D eigenvalue weighted by molar-refractivity contribution is 0.0873. The summed E-state index contributed by atoms with van der Waals surface area (Å²) in [6.45, 7) is 10.9. The van der Waals surface area contributed by atoms with Crippen LogP contribution in [-0.2, 0) is 13.0 Å². The van der Waals surface area contributed by atoms with Crippen LogP contribution in [0.5, 0.6) is 5.75 Å². The minimum absolute atomic E-state index is 0.216. The van der Waals surface area contributed by atoms with Crippen molar-refractivity contribution in [3.63, 3.8) is 0 Å². The second-order valence-electron chi connectivity index (χ2n) is 6.99. The van der Waals surface area contributed by atoms with Gasteiger partial charge in [-0.15, -0.1) is 0 Å². The number of hydrogen-bond donors (Lipinski definition) is 0. The fourth-order valence-electron chi connectivity index (χ4n) is 3.44.